The monoisotopic (exact) mass is 415 g/mol. The molecule has 1 saturated heterocycles. The minimum Gasteiger partial charge on any atom is -0.445 e. The third kappa shape index (κ3) is 3.15. The second kappa shape index (κ2) is 7.11. The molecule has 0 atom stereocenters. The van der Waals surface area contributed by atoms with Gasteiger partial charge in [-0.1, -0.05) is 30.3 Å². The topological polar surface area (TPSA) is 72.3 Å². The van der Waals surface area contributed by atoms with E-state index < -0.39 is 0 Å². The molecule has 1 aromatic carbocycles. The zero-order chi connectivity index (χ0) is 20.8. The molecule has 31 heavy (non-hydrogen) atoms. The SMILES string of the molecule is O=C(OCc1ccccc1)N1CCC2(CC1)Nc1cccnc1-n1c2cnc1C1CC1. The standard InChI is InChI=1S/C24H25N5O2/c30-23(31-16-17-5-2-1-3-6-17)28-13-10-24(11-14-28)20-15-26-21(18-8-9-18)29(20)22-19(27-24)7-4-12-25-22/h1-7,12,15,18,27H,8-11,13-14,16H2. The Labute approximate surface area is 181 Å². The van der Waals surface area contributed by atoms with Crippen molar-refractivity contribution in [2.45, 2.75) is 43.7 Å². The average molecular weight is 415 g/mol. The summed E-state index contributed by atoms with van der Waals surface area (Å²) in [6.07, 6.45) is 7.60. The van der Waals surface area contributed by atoms with E-state index in [1.165, 1.54) is 12.8 Å². The number of piperidine rings is 1. The molecule has 158 valence electrons. The fraction of sp³-hybridized carbons (Fsp3) is 0.375. The van der Waals surface area contributed by atoms with Crippen LogP contribution in [0, 0.1) is 0 Å². The van der Waals surface area contributed by atoms with Crippen molar-refractivity contribution in [3.8, 4) is 5.82 Å². The number of rotatable bonds is 3. The number of ether oxygens (including phenoxy) is 1. The van der Waals surface area contributed by atoms with Crippen LogP contribution >= 0.6 is 0 Å². The Bertz CT molecular complexity index is 1110. The second-order valence-corrected chi connectivity index (χ2v) is 8.72. The first-order valence-electron chi connectivity index (χ1n) is 11.0. The van der Waals surface area contributed by atoms with Gasteiger partial charge in [0.2, 0.25) is 0 Å². The molecule has 1 saturated carbocycles. The van der Waals surface area contributed by atoms with Crippen LogP contribution in [0.5, 0.6) is 0 Å². The Balaban J connectivity index is 1.22. The molecule has 1 aliphatic carbocycles. The van der Waals surface area contributed by atoms with Crippen LogP contribution in [0.4, 0.5) is 10.5 Å². The molecule has 2 aliphatic heterocycles. The number of anilines is 1. The number of hydrogen-bond acceptors (Lipinski definition) is 5. The van der Waals surface area contributed by atoms with E-state index in [1.54, 1.807) is 0 Å². The van der Waals surface area contributed by atoms with E-state index in [0.717, 1.165) is 41.4 Å². The van der Waals surface area contributed by atoms with Crippen LogP contribution in [0.1, 0.15) is 48.7 Å². The van der Waals surface area contributed by atoms with Gasteiger partial charge in [-0.05, 0) is 43.4 Å². The number of carbonyl (C=O) groups is 1. The normalized spacial score (nSPS) is 18.8. The molecule has 3 aliphatic rings. The highest BCUT2D eigenvalue weighted by atomic mass is 16.6. The maximum absolute atomic E-state index is 12.6. The minimum atomic E-state index is -0.247. The Morgan fingerprint density at radius 3 is 2.68 bits per heavy atom. The van der Waals surface area contributed by atoms with E-state index in [1.807, 2.05) is 53.7 Å². The van der Waals surface area contributed by atoms with Gasteiger partial charge in [0, 0.05) is 25.2 Å². The third-order valence-corrected chi connectivity index (χ3v) is 6.67. The number of imidazole rings is 1. The maximum Gasteiger partial charge on any atom is 0.410 e. The first kappa shape index (κ1) is 18.4. The van der Waals surface area contributed by atoms with Crippen molar-refractivity contribution in [3.05, 3.63) is 71.9 Å². The first-order valence-corrected chi connectivity index (χ1v) is 11.0. The quantitative estimate of drug-likeness (QED) is 0.694. The number of likely N-dealkylation sites (tertiary alicyclic amines) is 1. The van der Waals surface area contributed by atoms with Crippen LogP contribution in [-0.2, 0) is 16.9 Å². The van der Waals surface area contributed by atoms with E-state index in [-0.39, 0.29) is 11.6 Å². The largest absolute Gasteiger partial charge is 0.445 e. The summed E-state index contributed by atoms with van der Waals surface area (Å²) < 4.78 is 7.82. The van der Waals surface area contributed by atoms with Crippen LogP contribution in [0.15, 0.2) is 54.9 Å². The van der Waals surface area contributed by atoms with Gasteiger partial charge in [0.15, 0.2) is 5.82 Å². The Morgan fingerprint density at radius 2 is 1.90 bits per heavy atom. The van der Waals surface area contributed by atoms with Crippen LogP contribution in [0.25, 0.3) is 5.82 Å². The Kier molecular flexibility index (Phi) is 4.23. The maximum atomic E-state index is 12.6. The van der Waals surface area contributed by atoms with E-state index in [0.29, 0.717) is 25.6 Å². The van der Waals surface area contributed by atoms with E-state index in [2.05, 4.69) is 20.9 Å². The molecule has 2 aromatic heterocycles. The summed E-state index contributed by atoms with van der Waals surface area (Å²) in [6.45, 7) is 1.58. The molecule has 1 spiro atoms. The molecule has 7 nitrogen and oxygen atoms in total. The summed E-state index contributed by atoms with van der Waals surface area (Å²) in [6, 6.07) is 13.9. The lowest BCUT2D eigenvalue weighted by Crippen LogP contribution is -2.51. The van der Waals surface area contributed by atoms with Crippen molar-refractivity contribution in [1.82, 2.24) is 19.4 Å². The Hall–Kier alpha value is -3.35. The van der Waals surface area contributed by atoms with Crippen LogP contribution in [0.3, 0.4) is 0 Å². The van der Waals surface area contributed by atoms with Gasteiger partial charge in [-0.3, -0.25) is 4.57 Å². The number of amides is 1. The van der Waals surface area contributed by atoms with Crippen molar-refractivity contribution < 1.29 is 9.53 Å². The summed E-state index contributed by atoms with van der Waals surface area (Å²) in [5.74, 6) is 2.60. The van der Waals surface area contributed by atoms with E-state index in [4.69, 9.17) is 9.72 Å². The van der Waals surface area contributed by atoms with Gasteiger partial charge in [-0.25, -0.2) is 14.8 Å². The van der Waals surface area contributed by atoms with E-state index >= 15 is 0 Å². The van der Waals surface area contributed by atoms with Gasteiger partial charge in [0.05, 0.1) is 23.1 Å². The third-order valence-electron chi connectivity index (χ3n) is 6.67. The van der Waals surface area contributed by atoms with E-state index in [9.17, 15) is 4.79 Å². The first-order chi connectivity index (χ1) is 15.2. The highest BCUT2D eigenvalue weighted by molar-refractivity contribution is 5.68. The zero-order valence-corrected chi connectivity index (χ0v) is 17.3. The highest BCUT2D eigenvalue weighted by Crippen LogP contribution is 2.47. The summed E-state index contributed by atoms with van der Waals surface area (Å²) >= 11 is 0. The van der Waals surface area contributed by atoms with Crippen molar-refractivity contribution >= 4 is 11.8 Å². The molecule has 3 aromatic rings. The number of aromatic nitrogens is 3. The number of pyridine rings is 1. The summed E-state index contributed by atoms with van der Waals surface area (Å²) in [7, 11) is 0. The molecular formula is C24H25N5O2. The van der Waals surface area contributed by atoms with Gasteiger partial charge in [-0.15, -0.1) is 0 Å². The number of fused-ring (bicyclic) bond motifs is 4. The molecule has 6 rings (SSSR count). The summed E-state index contributed by atoms with van der Waals surface area (Å²) in [5, 5.41) is 3.76. The second-order valence-electron chi connectivity index (χ2n) is 8.72. The molecule has 1 amide bonds. The van der Waals surface area contributed by atoms with Crippen LogP contribution in [-0.4, -0.2) is 38.6 Å². The average Bonchev–Trinajstić information content (AvgIpc) is 3.56. The Morgan fingerprint density at radius 1 is 1.10 bits per heavy atom. The summed E-state index contributed by atoms with van der Waals surface area (Å²) in [4.78, 5) is 23.9. The number of benzene rings is 1. The number of nitrogens with zero attached hydrogens (tertiary/aromatic N) is 4. The lowest BCUT2D eigenvalue weighted by Gasteiger charge is -2.45. The van der Waals surface area contributed by atoms with Crippen molar-refractivity contribution in [2.24, 2.45) is 0 Å². The summed E-state index contributed by atoms with van der Waals surface area (Å²) in [5.41, 5.74) is 2.96. The molecule has 2 fully saturated rings. The van der Waals surface area contributed by atoms with Gasteiger partial charge in [0.1, 0.15) is 12.4 Å². The van der Waals surface area contributed by atoms with Crippen molar-refractivity contribution in [1.29, 1.82) is 0 Å². The minimum absolute atomic E-state index is 0.244. The predicted octanol–water partition coefficient (Wildman–Crippen LogP) is 4.20. The van der Waals surface area contributed by atoms with Crippen LogP contribution in [0.2, 0.25) is 0 Å². The fourth-order valence-corrected chi connectivity index (χ4v) is 4.81. The zero-order valence-electron chi connectivity index (χ0n) is 17.3. The predicted molar refractivity (Wildman–Crippen MR) is 116 cm³/mol. The lowest BCUT2D eigenvalue weighted by molar-refractivity contribution is 0.0793. The van der Waals surface area contributed by atoms with Crippen LogP contribution < -0.4 is 5.32 Å². The molecule has 1 N–H and O–H groups in total. The fourth-order valence-electron chi connectivity index (χ4n) is 4.81. The number of hydrogen-bond donors (Lipinski definition) is 1. The van der Waals surface area contributed by atoms with Crippen molar-refractivity contribution in [3.63, 3.8) is 0 Å². The van der Waals surface area contributed by atoms with Gasteiger partial charge in [-0.2, -0.15) is 0 Å². The number of nitrogens with one attached hydrogen (secondary N) is 1. The van der Waals surface area contributed by atoms with Gasteiger partial charge >= 0.3 is 6.09 Å². The highest BCUT2D eigenvalue weighted by Gasteiger charge is 2.45. The van der Waals surface area contributed by atoms with Gasteiger partial charge in [0.25, 0.3) is 0 Å². The molecular weight excluding hydrogens is 390 g/mol. The smallest absolute Gasteiger partial charge is 0.410 e. The van der Waals surface area contributed by atoms with Crippen molar-refractivity contribution in [2.75, 3.05) is 18.4 Å². The molecule has 7 heteroatoms. The lowest BCUT2D eigenvalue weighted by atomic mass is 9.83. The number of carbonyl (C=O) groups excluding carboxylic acids is 1. The molecule has 0 radical (unpaired) electrons. The molecule has 4 heterocycles. The molecule has 0 bridgehead atoms. The molecule has 0 unspecified atom stereocenters. The van der Waals surface area contributed by atoms with Gasteiger partial charge < -0.3 is 15.0 Å².